The lowest BCUT2D eigenvalue weighted by Crippen LogP contribution is -2.22. The normalized spacial score (nSPS) is 11.8. The first-order valence-electron chi connectivity index (χ1n) is 6.47. The quantitative estimate of drug-likeness (QED) is 0.834. The molecule has 1 aromatic rings. The summed E-state index contributed by atoms with van der Waals surface area (Å²) in [4.78, 5) is 0. The van der Waals surface area contributed by atoms with E-state index < -0.39 is 9.84 Å². The van der Waals surface area contributed by atoms with Crippen LogP contribution in [0.1, 0.15) is 31.9 Å². The minimum absolute atomic E-state index is 0.0300. The fourth-order valence-electron chi connectivity index (χ4n) is 1.72. The van der Waals surface area contributed by atoms with Crippen LogP contribution in [0.4, 0.5) is 0 Å². The van der Waals surface area contributed by atoms with Crippen molar-refractivity contribution in [2.75, 3.05) is 12.9 Å². The third-order valence-corrected chi connectivity index (χ3v) is 4.50. The Hall–Kier alpha value is -1.07. The number of hydrogen-bond acceptors (Lipinski definition) is 4. The molecule has 0 saturated carbocycles. The lowest BCUT2D eigenvalue weighted by atomic mass is 10.1. The van der Waals surface area contributed by atoms with E-state index in [-0.39, 0.29) is 11.5 Å². The summed E-state index contributed by atoms with van der Waals surface area (Å²) < 4.78 is 28.7. The number of methoxy groups -OCH3 is 1. The molecule has 1 rings (SSSR count). The molecule has 0 atom stereocenters. The Morgan fingerprint density at radius 1 is 1.32 bits per heavy atom. The van der Waals surface area contributed by atoms with Gasteiger partial charge in [0.2, 0.25) is 0 Å². The predicted molar refractivity (Wildman–Crippen MR) is 78.1 cm³/mol. The molecule has 0 aromatic heterocycles. The maximum absolute atomic E-state index is 11.7. The molecule has 0 radical (unpaired) electrons. The zero-order chi connectivity index (χ0) is 14.5. The van der Waals surface area contributed by atoms with Gasteiger partial charge in [-0.05, 0) is 17.7 Å². The van der Waals surface area contributed by atoms with E-state index in [1.54, 1.807) is 14.0 Å². The number of ether oxygens (including phenoxy) is 1. The average molecular weight is 285 g/mol. The molecular formula is C14H23NO3S. The summed E-state index contributed by atoms with van der Waals surface area (Å²) in [5, 5.41) is 3.31. The SMILES string of the molecule is CCS(=O)(=O)Cc1cc(CNC(C)C)ccc1OC. The first-order chi connectivity index (χ1) is 8.88. The van der Waals surface area contributed by atoms with Crippen molar-refractivity contribution >= 4 is 9.84 Å². The highest BCUT2D eigenvalue weighted by Crippen LogP contribution is 2.22. The number of benzene rings is 1. The van der Waals surface area contributed by atoms with Crippen LogP contribution in [0.5, 0.6) is 5.75 Å². The third-order valence-electron chi connectivity index (χ3n) is 2.87. The minimum Gasteiger partial charge on any atom is -0.496 e. The van der Waals surface area contributed by atoms with Crippen LogP contribution < -0.4 is 10.1 Å². The fourth-order valence-corrected chi connectivity index (χ4v) is 2.62. The van der Waals surface area contributed by atoms with Gasteiger partial charge in [0.1, 0.15) is 5.75 Å². The van der Waals surface area contributed by atoms with Gasteiger partial charge < -0.3 is 10.1 Å². The molecule has 0 amide bonds. The molecule has 0 saturated heterocycles. The van der Waals surface area contributed by atoms with Crippen LogP contribution in [0, 0.1) is 0 Å². The first kappa shape index (κ1) is 16.0. The van der Waals surface area contributed by atoms with Gasteiger partial charge in [-0.3, -0.25) is 0 Å². The van der Waals surface area contributed by atoms with Gasteiger partial charge in [0.05, 0.1) is 12.9 Å². The van der Waals surface area contributed by atoms with Gasteiger partial charge in [-0.1, -0.05) is 26.8 Å². The molecule has 1 N–H and O–H groups in total. The van der Waals surface area contributed by atoms with E-state index >= 15 is 0 Å². The van der Waals surface area contributed by atoms with Gasteiger partial charge in [-0.25, -0.2) is 8.42 Å². The molecule has 0 aliphatic carbocycles. The Kier molecular flexibility index (Phi) is 5.82. The largest absolute Gasteiger partial charge is 0.496 e. The maximum atomic E-state index is 11.7. The van der Waals surface area contributed by atoms with E-state index in [1.807, 2.05) is 18.2 Å². The summed E-state index contributed by atoms with van der Waals surface area (Å²) >= 11 is 0. The highest BCUT2D eigenvalue weighted by molar-refractivity contribution is 7.90. The minimum atomic E-state index is -3.05. The van der Waals surface area contributed by atoms with Crippen molar-refractivity contribution in [1.82, 2.24) is 5.32 Å². The summed E-state index contributed by atoms with van der Waals surface area (Å²) in [6, 6.07) is 6.08. The molecule has 0 aliphatic rings. The molecular weight excluding hydrogens is 262 g/mol. The topological polar surface area (TPSA) is 55.4 Å². The second-order valence-corrected chi connectivity index (χ2v) is 7.21. The monoisotopic (exact) mass is 285 g/mol. The molecule has 0 unspecified atom stereocenters. The van der Waals surface area contributed by atoms with Crippen molar-refractivity contribution in [3.05, 3.63) is 29.3 Å². The molecule has 0 aliphatic heterocycles. The standard InChI is InChI=1S/C14H23NO3S/c1-5-19(16,17)10-13-8-12(9-15-11(2)3)6-7-14(13)18-4/h6-8,11,15H,5,9-10H2,1-4H3. The highest BCUT2D eigenvalue weighted by atomic mass is 32.2. The Morgan fingerprint density at radius 3 is 2.53 bits per heavy atom. The maximum Gasteiger partial charge on any atom is 0.154 e. The molecule has 19 heavy (non-hydrogen) atoms. The van der Waals surface area contributed by atoms with Gasteiger partial charge in [0.25, 0.3) is 0 Å². The molecule has 0 spiro atoms. The Morgan fingerprint density at radius 2 is 2.00 bits per heavy atom. The lowest BCUT2D eigenvalue weighted by Gasteiger charge is -2.12. The Bertz CT molecular complexity index is 509. The van der Waals surface area contributed by atoms with Gasteiger partial charge in [0, 0.05) is 23.9 Å². The summed E-state index contributed by atoms with van der Waals surface area (Å²) in [5.74, 6) is 0.803. The molecule has 1 aromatic carbocycles. The van der Waals surface area contributed by atoms with Crippen LogP contribution in [-0.4, -0.2) is 27.3 Å². The molecule has 0 fully saturated rings. The van der Waals surface area contributed by atoms with Crippen molar-refractivity contribution < 1.29 is 13.2 Å². The van der Waals surface area contributed by atoms with Crippen LogP contribution in [0.3, 0.4) is 0 Å². The Balaban J connectivity index is 2.96. The first-order valence-corrected chi connectivity index (χ1v) is 8.29. The Labute approximate surface area is 116 Å². The van der Waals surface area contributed by atoms with Gasteiger partial charge in [-0.15, -0.1) is 0 Å². The predicted octanol–water partition coefficient (Wildman–Crippen LogP) is 2.13. The zero-order valence-corrected chi connectivity index (χ0v) is 12.9. The van der Waals surface area contributed by atoms with Crippen LogP contribution in [0.2, 0.25) is 0 Å². The highest BCUT2D eigenvalue weighted by Gasteiger charge is 2.13. The number of hydrogen-bond donors (Lipinski definition) is 1. The zero-order valence-electron chi connectivity index (χ0n) is 12.1. The van der Waals surface area contributed by atoms with E-state index in [9.17, 15) is 8.42 Å². The van der Waals surface area contributed by atoms with Crippen molar-refractivity contribution in [1.29, 1.82) is 0 Å². The molecule has 0 bridgehead atoms. The van der Waals surface area contributed by atoms with Gasteiger partial charge in [-0.2, -0.15) is 0 Å². The average Bonchev–Trinajstić information content (AvgIpc) is 2.36. The van der Waals surface area contributed by atoms with Gasteiger partial charge in [0.15, 0.2) is 9.84 Å². The van der Waals surface area contributed by atoms with Crippen LogP contribution in [-0.2, 0) is 22.1 Å². The van der Waals surface area contributed by atoms with E-state index in [2.05, 4.69) is 19.2 Å². The van der Waals surface area contributed by atoms with E-state index in [1.165, 1.54) is 0 Å². The van der Waals surface area contributed by atoms with Crippen LogP contribution in [0.25, 0.3) is 0 Å². The second-order valence-electron chi connectivity index (χ2n) is 4.86. The fraction of sp³-hybridized carbons (Fsp3) is 0.571. The van der Waals surface area contributed by atoms with Crippen molar-refractivity contribution in [2.24, 2.45) is 0 Å². The van der Waals surface area contributed by atoms with Crippen molar-refractivity contribution in [2.45, 2.75) is 39.1 Å². The van der Waals surface area contributed by atoms with Gasteiger partial charge >= 0.3 is 0 Å². The molecule has 4 nitrogen and oxygen atoms in total. The van der Waals surface area contributed by atoms with Crippen molar-refractivity contribution in [3.8, 4) is 5.75 Å². The van der Waals surface area contributed by atoms with E-state index in [4.69, 9.17) is 4.74 Å². The number of sulfone groups is 1. The summed E-state index contributed by atoms with van der Waals surface area (Å²) in [7, 11) is -1.49. The van der Waals surface area contributed by atoms with E-state index in [0.717, 1.165) is 17.7 Å². The smallest absolute Gasteiger partial charge is 0.154 e. The van der Waals surface area contributed by atoms with Crippen molar-refractivity contribution in [3.63, 3.8) is 0 Å². The molecule has 5 heteroatoms. The lowest BCUT2D eigenvalue weighted by molar-refractivity contribution is 0.410. The summed E-state index contributed by atoms with van der Waals surface area (Å²) in [5.41, 5.74) is 1.79. The summed E-state index contributed by atoms with van der Waals surface area (Å²) in [6.45, 7) is 6.53. The second kappa shape index (κ2) is 6.91. The molecule has 108 valence electrons. The summed E-state index contributed by atoms with van der Waals surface area (Å²) in [6.07, 6.45) is 0. The third kappa shape index (κ3) is 5.20. The van der Waals surface area contributed by atoms with Crippen LogP contribution >= 0.6 is 0 Å². The van der Waals surface area contributed by atoms with Crippen LogP contribution in [0.15, 0.2) is 18.2 Å². The number of nitrogens with one attached hydrogen (secondary N) is 1. The molecule has 0 heterocycles. The van der Waals surface area contributed by atoms with E-state index in [0.29, 0.717) is 11.8 Å². The number of rotatable bonds is 7.